The smallest absolute Gasteiger partial charge is 0.245 e. The average molecular weight is 434 g/mol. The van der Waals surface area contributed by atoms with E-state index < -0.39 is 21.7 Å². The minimum absolute atomic E-state index is 0.0634. The summed E-state index contributed by atoms with van der Waals surface area (Å²) in [6, 6.07) is 0. The molecule has 29 heavy (non-hydrogen) atoms. The van der Waals surface area contributed by atoms with E-state index in [0.29, 0.717) is 24.8 Å². The predicted molar refractivity (Wildman–Crippen MR) is 110 cm³/mol. The number of halogens is 2. The van der Waals surface area contributed by atoms with E-state index in [4.69, 9.17) is 0 Å². The molecule has 0 aromatic rings. The van der Waals surface area contributed by atoms with Gasteiger partial charge in [-0.05, 0) is 40.0 Å². The van der Waals surface area contributed by atoms with Gasteiger partial charge in [0.1, 0.15) is 5.70 Å². The van der Waals surface area contributed by atoms with Crippen molar-refractivity contribution in [3.63, 3.8) is 0 Å². The number of carbonyl (C=O) groups excluding carboxylic acids is 2. The number of sulfonamides is 1. The van der Waals surface area contributed by atoms with Crippen molar-refractivity contribution in [3.8, 4) is 0 Å². The van der Waals surface area contributed by atoms with Crippen LogP contribution in [0.25, 0.3) is 0 Å². The van der Waals surface area contributed by atoms with Crippen molar-refractivity contribution in [2.45, 2.75) is 90.9 Å². The fourth-order valence-corrected chi connectivity index (χ4v) is 3.92. The maximum absolute atomic E-state index is 12.7. The molecule has 0 amide bonds. The van der Waals surface area contributed by atoms with Gasteiger partial charge < -0.3 is 0 Å². The van der Waals surface area contributed by atoms with Crippen LogP contribution >= 0.6 is 0 Å². The first-order valence-corrected chi connectivity index (χ1v) is 12.1. The lowest BCUT2D eigenvalue weighted by Gasteiger charge is -2.21. The van der Waals surface area contributed by atoms with Crippen molar-refractivity contribution in [3.05, 3.63) is 22.4 Å². The second-order valence-electron chi connectivity index (χ2n) is 8.03. The Morgan fingerprint density at radius 3 is 1.76 bits per heavy atom. The Balaban J connectivity index is 2.46. The van der Waals surface area contributed by atoms with Gasteiger partial charge in [-0.3, -0.25) is 14.3 Å². The van der Waals surface area contributed by atoms with Gasteiger partial charge in [-0.15, -0.1) is 0 Å². The SMILES string of the molecule is CC1=C(C)C(=O)C(NS(C)(=O)=O)=C(CCCCCCCCCCC(C)(F)F)C1=O. The summed E-state index contributed by atoms with van der Waals surface area (Å²) in [6.07, 6.45) is 7.96. The Morgan fingerprint density at radius 1 is 0.828 bits per heavy atom. The third-order valence-electron chi connectivity index (χ3n) is 5.13. The summed E-state index contributed by atoms with van der Waals surface area (Å²) in [4.78, 5) is 25.0. The van der Waals surface area contributed by atoms with E-state index in [2.05, 4.69) is 4.72 Å². The van der Waals surface area contributed by atoms with Crippen LogP contribution in [-0.4, -0.2) is 32.2 Å². The van der Waals surface area contributed by atoms with Gasteiger partial charge in [0.15, 0.2) is 5.78 Å². The molecule has 0 bridgehead atoms. The molecule has 1 rings (SSSR count). The minimum Gasteiger partial charge on any atom is -0.289 e. The van der Waals surface area contributed by atoms with Crippen LogP contribution in [0.4, 0.5) is 8.78 Å². The molecule has 0 aromatic carbocycles. The van der Waals surface area contributed by atoms with Gasteiger partial charge in [-0.2, -0.15) is 0 Å². The number of nitrogens with one attached hydrogen (secondary N) is 1. The highest BCUT2D eigenvalue weighted by molar-refractivity contribution is 7.88. The zero-order valence-corrected chi connectivity index (χ0v) is 18.7. The van der Waals surface area contributed by atoms with Crippen molar-refractivity contribution in [1.82, 2.24) is 4.72 Å². The van der Waals surface area contributed by atoms with Gasteiger partial charge in [-0.25, -0.2) is 17.2 Å². The fourth-order valence-electron chi connectivity index (χ4n) is 3.33. The van der Waals surface area contributed by atoms with Crippen molar-refractivity contribution < 1.29 is 26.8 Å². The number of unbranched alkanes of at least 4 members (excludes halogenated alkanes) is 7. The fraction of sp³-hybridized carbons (Fsp3) is 0.714. The van der Waals surface area contributed by atoms with Crippen LogP contribution in [0, 0.1) is 0 Å². The van der Waals surface area contributed by atoms with Crippen LogP contribution in [-0.2, 0) is 19.6 Å². The molecule has 0 aliphatic heterocycles. The molecular formula is C21H33F2NO4S. The molecule has 0 radical (unpaired) electrons. The molecule has 5 nitrogen and oxygen atoms in total. The summed E-state index contributed by atoms with van der Waals surface area (Å²) in [5, 5.41) is 0. The van der Waals surface area contributed by atoms with Crippen LogP contribution in [0.1, 0.15) is 85.0 Å². The Labute approximate surface area is 173 Å². The standard InChI is InChI=1S/C21H33F2NO4S/c1-15-16(2)20(26)18(24-29(4,27)28)17(19(15)25)13-11-9-7-5-6-8-10-12-14-21(3,22)23/h24H,5-14H2,1-4H3. The molecule has 0 fully saturated rings. The van der Waals surface area contributed by atoms with Gasteiger partial charge in [-0.1, -0.05) is 38.5 Å². The second kappa shape index (κ2) is 11.0. The normalized spacial score (nSPS) is 16.1. The van der Waals surface area contributed by atoms with E-state index in [-0.39, 0.29) is 29.0 Å². The Kier molecular flexibility index (Phi) is 9.65. The van der Waals surface area contributed by atoms with Crippen molar-refractivity contribution >= 4 is 21.6 Å². The first-order chi connectivity index (χ1) is 13.3. The first kappa shape index (κ1) is 25.5. The number of alkyl halides is 2. The summed E-state index contributed by atoms with van der Waals surface area (Å²) >= 11 is 0. The van der Waals surface area contributed by atoms with E-state index >= 15 is 0 Å². The van der Waals surface area contributed by atoms with Crippen molar-refractivity contribution in [2.75, 3.05) is 6.26 Å². The van der Waals surface area contributed by atoms with Gasteiger partial charge in [0, 0.05) is 23.1 Å². The highest BCUT2D eigenvalue weighted by Crippen LogP contribution is 2.27. The predicted octanol–water partition coefficient (Wildman–Crippen LogP) is 4.83. The molecule has 8 heteroatoms. The third-order valence-corrected chi connectivity index (χ3v) is 5.70. The number of allylic oxidation sites excluding steroid dienone is 3. The van der Waals surface area contributed by atoms with E-state index in [9.17, 15) is 26.8 Å². The van der Waals surface area contributed by atoms with E-state index in [0.717, 1.165) is 51.7 Å². The van der Waals surface area contributed by atoms with Crippen LogP contribution in [0.2, 0.25) is 0 Å². The zero-order chi connectivity index (χ0) is 22.2. The third kappa shape index (κ3) is 9.19. The summed E-state index contributed by atoms with van der Waals surface area (Å²) in [5.41, 5.74) is 0.754. The Morgan fingerprint density at radius 2 is 1.28 bits per heavy atom. The van der Waals surface area contributed by atoms with Crippen LogP contribution in [0.3, 0.4) is 0 Å². The molecule has 1 aliphatic rings. The number of hydrogen-bond donors (Lipinski definition) is 1. The number of ketones is 2. The van der Waals surface area contributed by atoms with Crippen LogP contribution < -0.4 is 4.72 Å². The quantitative estimate of drug-likeness (QED) is 0.333. The highest BCUT2D eigenvalue weighted by Gasteiger charge is 2.31. The van der Waals surface area contributed by atoms with Crippen molar-refractivity contribution in [2.24, 2.45) is 0 Å². The molecule has 1 N–H and O–H groups in total. The highest BCUT2D eigenvalue weighted by atomic mass is 32.2. The molecule has 0 atom stereocenters. The molecule has 0 saturated carbocycles. The molecule has 0 heterocycles. The molecule has 0 saturated heterocycles. The van der Waals surface area contributed by atoms with E-state index in [1.807, 2.05) is 0 Å². The topological polar surface area (TPSA) is 80.3 Å². The maximum Gasteiger partial charge on any atom is 0.245 e. The molecular weight excluding hydrogens is 400 g/mol. The summed E-state index contributed by atoms with van der Waals surface area (Å²) in [7, 11) is -3.66. The maximum atomic E-state index is 12.7. The lowest BCUT2D eigenvalue weighted by atomic mass is 9.86. The molecule has 0 spiro atoms. The summed E-state index contributed by atoms with van der Waals surface area (Å²) in [6.45, 7) is 4.06. The minimum atomic E-state index is -3.66. The molecule has 1 aliphatic carbocycles. The van der Waals surface area contributed by atoms with Gasteiger partial charge in [0.2, 0.25) is 21.7 Å². The zero-order valence-electron chi connectivity index (χ0n) is 17.9. The molecule has 0 unspecified atom stereocenters. The lowest BCUT2D eigenvalue weighted by molar-refractivity contribution is -0.116. The van der Waals surface area contributed by atoms with Crippen LogP contribution in [0.15, 0.2) is 22.4 Å². The molecule has 0 aromatic heterocycles. The largest absolute Gasteiger partial charge is 0.289 e. The van der Waals surface area contributed by atoms with Gasteiger partial charge in [0.05, 0.1) is 6.26 Å². The number of hydrogen-bond acceptors (Lipinski definition) is 4. The van der Waals surface area contributed by atoms with Crippen LogP contribution in [0.5, 0.6) is 0 Å². The Hall–Kier alpha value is -1.57. The second-order valence-corrected chi connectivity index (χ2v) is 9.78. The van der Waals surface area contributed by atoms with Gasteiger partial charge in [0.25, 0.3) is 0 Å². The van der Waals surface area contributed by atoms with E-state index in [1.54, 1.807) is 6.92 Å². The Bertz CT molecular complexity index is 777. The first-order valence-electron chi connectivity index (χ1n) is 10.2. The lowest BCUT2D eigenvalue weighted by Crippen LogP contribution is -2.33. The van der Waals surface area contributed by atoms with Gasteiger partial charge >= 0.3 is 0 Å². The summed E-state index contributed by atoms with van der Waals surface area (Å²) in [5.74, 6) is -3.30. The number of Topliss-reactive ketones (excluding diaryl/α,β-unsaturated/α-hetero) is 2. The monoisotopic (exact) mass is 433 g/mol. The number of carbonyl (C=O) groups is 2. The number of rotatable bonds is 13. The molecule has 166 valence electrons. The summed E-state index contributed by atoms with van der Waals surface area (Å²) < 4.78 is 50.9. The van der Waals surface area contributed by atoms with E-state index in [1.165, 1.54) is 6.92 Å². The van der Waals surface area contributed by atoms with Crippen molar-refractivity contribution in [1.29, 1.82) is 0 Å². The average Bonchev–Trinajstić information content (AvgIpc) is 2.59.